The normalized spacial score (nSPS) is 21.2. The number of carbonyl (C=O) groups excluding carboxylic acids is 1. The van der Waals surface area contributed by atoms with Gasteiger partial charge < -0.3 is 20.5 Å². The van der Waals surface area contributed by atoms with E-state index in [1.165, 1.54) is 18.2 Å². The average molecular weight is 486 g/mol. The highest BCUT2D eigenvalue weighted by Crippen LogP contribution is 2.22. The highest BCUT2D eigenvalue weighted by atomic mass is 35.5. The van der Waals surface area contributed by atoms with Crippen molar-refractivity contribution in [1.82, 2.24) is 10.0 Å². The van der Waals surface area contributed by atoms with Gasteiger partial charge in [-0.1, -0.05) is 23.7 Å². The van der Waals surface area contributed by atoms with Gasteiger partial charge in [-0.25, -0.2) is 22.3 Å². The highest BCUT2D eigenvalue weighted by molar-refractivity contribution is 7.89. The minimum Gasteiger partial charge on any atom is -0.394 e. The quantitative estimate of drug-likeness (QED) is 0.458. The van der Waals surface area contributed by atoms with Crippen LogP contribution in [-0.4, -0.2) is 51.0 Å². The monoisotopic (exact) mass is 485 g/mol. The number of benzene rings is 2. The molecule has 1 aliphatic heterocycles. The molecule has 3 rings (SSSR count). The molecule has 32 heavy (non-hydrogen) atoms. The van der Waals surface area contributed by atoms with Gasteiger partial charge in [0.05, 0.1) is 18.8 Å². The lowest BCUT2D eigenvalue weighted by atomic mass is 9.97. The molecule has 1 aliphatic rings. The molecule has 174 valence electrons. The molecule has 2 aromatic carbocycles. The van der Waals surface area contributed by atoms with Gasteiger partial charge in [-0.2, -0.15) is 0 Å². The van der Waals surface area contributed by atoms with Crippen molar-refractivity contribution in [2.45, 2.75) is 42.4 Å². The van der Waals surface area contributed by atoms with E-state index in [1.54, 1.807) is 24.3 Å². The van der Waals surface area contributed by atoms with E-state index < -0.39 is 38.9 Å². The zero-order valence-corrected chi connectivity index (χ0v) is 18.7. The third kappa shape index (κ3) is 6.63. The van der Waals surface area contributed by atoms with E-state index >= 15 is 0 Å². The summed E-state index contributed by atoms with van der Waals surface area (Å²) in [4.78, 5) is 11.8. The van der Waals surface area contributed by atoms with Crippen LogP contribution in [0.5, 0.6) is 0 Å². The van der Waals surface area contributed by atoms with E-state index in [1.807, 2.05) is 0 Å². The van der Waals surface area contributed by atoms with Crippen LogP contribution in [0.1, 0.15) is 19.3 Å². The van der Waals surface area contributed by atoms with Crippen LogP contribution in [0.2, 0.25) is 5.02 Å². The van der Waals surface area contributed by atoms with Crippen LogP contribution >= 0.6 is 11.6 Å². The Kier molecular flexibility index (Phi) is 8.44. The molecule has 8 nitrogen and oxygen atoms in total. The number of carbonyl (C=O) groups is 1. The SMILES string of the molecule is O=C(Nc1ccc(Cl)cc1)N[C@@H]1CC[C@H](CCNS(=O)(=O)c2ccccc2F)O[C@H]1CO. The summed E-state index contributed by atoms with van der Waals surface area (Å²) < 4.78 is 46.5. The topological polar surface area (TPSA) is 117 Å². The smallest absolute Gasteiger partial charge is 0.319 e. The molecule has 2 aromatic rings. The van der Waals surface area contributed by atoms with Crippen molar-refractivity contribution in [1.29, 1.82) is 0 Å². The zero-order chi connectivity index (χ0) is 23.1. The third-order valence-corrected chi connectivity index (χ3v) is 6.85. The maximum atomic E-state index is 13.7. The Morgan fingerprint density at radius 1 is 1.16 bits per heavy atom. The highest BCUT2D eigenvalue weighted by Gasteiger charge is 2.32. The van der Waals surface area contributed by atoms with Gasteiger partial charge in [0.2, 0.25) is 10.0 Å². The molecule has 0 saturated carbocycles. The third-order valence-electron chi connectivity index (χ3n) is 5.10. The molecular weight excluding hydrogens is 461 g/mol. The van der Waals surface area contributed by atoms with Crippen LogP contribution in [0.15, 0.2) is 53.4 Å². The van der Waals surface area contributed by atoms with Crippen LogP contribution < -0.4 is 15.4 Å². The summed E-state index contributed by atoms with van der Waals surface area (Å²) in [5.74, 6) is -0.819. The molecule has 0 aromatic heterocycles. The molecule has 0 aliphatic carbocycles. The Hall–Kier alpha value is -2.24. The lowest BCUT2D eigenvalue weighted by Crippen LogP contribution is -2.52. The first kappa shape index (κ1) is 24.4. The lowest BCUT2D eigenvalue weighted by molar-refractivity contribution is -0.0884. The number of hydrogen-bond acceptors (Lipinski definition) is 5. The van der Waals surface area contributed by atoms with Crippen LogP contribution in [0.4, 0.5) is 14.9 Å². The molecule has 1 fully saturated rings. The molecule has 1 saturated heterocycles. The van der Waals surface area contributed by atoms with Crippen molar-refractivity contribution in [3.63, 3.8) is 0 Å². The largest absolute Gasteiger partial charge is 0.394 e. The van der Waals surface area contributed by atoms with Crippen molar-refractivity contribution in [2.75, 3.05) is 18.5 Å². The van der Waals surface area contributed by atoms with Crippen LogP contribution in [0.3, 0.4) is 0 Å². The van der Waals surface area contributed by atoms with Gasteiger partial charge >= 0.3 is 6.03 Å². The molecule has 0 radical (unpaired) electrons. The van der Waals surface area contributed by atoms with Crippen molar-refractivity contribution >= 4 is 33.3 Å². The van der Waals surface area contributed by atoms with Crippen molar-refractivity contribution in [3.05, 3.63) is 59.4 Å². The fourth-order valence-electron chi connectivity index (χ4n) is 3.47. The van der Waals surface area contributed by atoms with E-state index in [4.69, 9.17) is 16.3 Å². The van der Waals surface area contributed by atoms with E-state index in [0.29, 0.717) is 30.0 Å². The summed E-state index contributed by atoms with van der Waals surface area (Å²) in [5, 5.41) is 15.7. The Bertz CT molecular complexity index is 1020. The molecule has 3 atom stereocenters. The van der Waals surface area contributed by atoms with E-state index in [9.17, 15) is 22.7 Å². The van der Waals surface area contributed by atoms with Gasteiger partial charge in [-0.15, -0.1) is 0 Å². The fourth-order valence-corrected chi connectivity index (χ4v) is 4.72. The maximum absolute atomic E-state index is 13.7. The van der Waals surface area contributed by atoms with E-state index in [-0.39, 0.29) is 19.3 Å². The second-order valence-corrected chi connectivity index (χ2v) is 9.56. The molecule has 11 heteroatoms. The average Bonchev–Trinajstić information content (AvgIpc) is 2.76. The standard InChI is InChI=1S/C21H25ClFN3O5S/c22-14-5-7-15(8-6-14)25-21(28)26-18-10-9-16(31-19(18)13-27)11-12-24-32(29,30)20-4-2-1-3-17(20)23/h1-8,16,18-19,24,27H,9-13H2,(H2,25,26,28)/t16-,18-,19+/m1/s1. The zero-order valence-electron chi connectivity index (χ0n) is 17.1. The number of anilines is 1. The van der Waals surface area contributed by atoms with Gasteiger partial charge in [0.15, 0.2) is 0 Å². The van der Waals surface area contributed by atoms with Crippen LogP contribution in [-0.2, 0) is 14.8 Å². The predicted octanol–water partition coefficient (Wildman–Crippen LogP) is 2.88. The first-order valence-electron chi connectivity index (χ1n) is 10.1. The summed E-state index contributed by atoms with van der Waals surface area (Å²) in [5.41, 5.74) is 0.573. The summed E-state index contributed by atoms with van der Waals surface area (Å²) >= 11 is 5.83. The Balaban J connectivity index is 1.47. The minimum atomic E-state index is -3.97. The number of hydrogen-bond donors (Lipinski definition) is 4. The number of aliphatic hydroxyl groups excluding tert-OH is 1. The summed E-state index contributed by atoms with van der Waals surface area (Å²) in [7, 11) is -3.97. The molecule has 0 bridgehead atoms. The van der Waals surface area contributed by atoms with Gasteiger partial charge in [-0.3, -0.25) is 0 Å². The molecule has 0 spiro atoms. The number of sulfonamides is 1. The second kappa shape index (κ2) is 11.1. The van der Waals surface area contributed by atoms with Gasteiger partial charge in [-0.05, 0) is 55.7 Å². The van der Waals surface area contributed by atoms with E-state index in [0.717, 1.165) is 6.07 Å². The minimum absolute atomic E-state index is 0.0502. The lowest BCUT2D eigenvalue weighted by Gasteiger charge is -2.36. The fraction of sp³-hybridized carbons (Fsp3) is 0.381. The van der Waals surface area contributed by atoms with Gasteiger partial charge in [0, 0.05) is 17.3 Å². The van der Waals surface area contributed by atoms with Crippen molar-refractivity contribution in [2.24, 2.45) is 0 Å². The first-order valence-corrected chi connectivity index (χ1v) is 12.0. The number of amides is 2. The van der Waals surface area contributed by atoms with E-state index in [2.05, 4.69) is 15.4 Å². The second-order valence-electron chi connectivity index (χ2n) is 7.39. The van der Waals surface area contributed by atoms with Crippen molar-refractivity contribution < 1.29 is 27.4 Å². The summed E-state index contributed by atoms with van der Waals surface area (Å²) in [6.45, 7) is -0.252. The number of nitrogens with one attached hydrogen (secondary N) is 3. The van der Waals surface area contributed by atoms with Crippen LogP contribution in [0, 0.1) is 5.82 Å². The molecule has 0 unspecified atom stereocenters. The molecule has 2 amide bonds. The number of aliphatic hydroxyl groups is 1. The first-order chi connectivity index (χ1) is 15.3. The number of urea groups is 1. The Morgan fingerprint density at radius 3 is 2.56 bits per heavy atom. The summed E-state index contributed by atoms with van der Waals surface area (Å²) in [6, 6.07) is 11.0. The number of rotatable bonds is 8. The Morgan fingerprint density at radius 2 is 1.88 bits per heavy atom. The molecule has 4 N–H and O–H groups in total. The molecular formula is C21H25ClFN3O5S. The molecule has 1 heterocycles. The Labute approximate surface area is 191 Å². The van der Waals surface area contributed by atoms with Crippen LogP contribution in [0.25, 0.3) is 0 Å². The van der Waals surface area contributed by atoms with Gasteiger partial charge in [0.25, 0.3) is 0 Å². The maximum Gasteiger partial charge on any atom is 0.319 e. The number of ether oxygens (including phenoxy) is 1. The van der Waals surface area contributed by atoms with Crippen molar-refractivity contribution in [3.8, 4) is 0 Å². The predicted molar refractivity (Wildman–Crippen MR) is 119 cm³/mol. The summed E-state index contributed by atoms with van der Waals surface area (Å²) in [6.07, 6.45) is 0.502. The number of halogens is 2. The van der Waals surface area contributed by atoms with Gasteiger partial charge in [0.1, 0.15) is 16.8 Å².